The summed E-state index contributed by atoms with van der Waals surface area (Å²) in [6, 6.07) is -0.705. The summed E-state index contributed by atoms with van der Waals surface area (Å²) in [4.78, 5) is 35.9. The third kappa shape index (κ3) is 8.20. The number of halogens is 3. The van der Waals surface area contributed by atoms with Crippen molar-refractivity contribution in [2.45, 2.75) is 96.6 Å². The molecule has 1 aliphatic carbocycles. The van der Waals surface area contributed by atoms with E-state index in [4.69, 9.17) is 12.2 Å². The van der Waals surface area contributed by atoms with Crippen molar-refractivity contribution in [3.63, 3.8) is 0 Å². The number of pyridine rings is 1. The van der Waals surface area contributed by atoms with Crippen molar-refractivity contribution >= 4 is 40.4 Å². The first kappa shape index (κ1) is 30.9. The Hall–Kier alpha value is -2.60. The van der Waals surface area contributed by atoms with E-state index in [1.54, 1.807) is 4.90 Å². The second-order valence-corrected chi connectivity index (χ2v) is 11.5. The highest BCUT2D eigenvalue weighted by molar-refractivity contribution is 7.81. The Morgan fingerprint density at radius 3 is 2.46 bits per heavy atom. The van der Waals surface area contributed by atoms with Crippen molar-refractivity contribution < 1.29 is 27.9 Å². The summed E-state index contributed by atoms with van der Waals surface area (Å²) in [7, 11) is 0. The van der Waals surface area contributed by atoms with E-state index in [9.17, 15) is 27.9 Å². The normalized spacial score (nSPS) is 20.0. The highest BCUT2D eigenvalue weighted by atomic mass is 32.1. The Morgan fingerprint density at radius 2 is 1.95 bits per heavy atom. The van der Waals surface area contributed by atoms with Crippen LogP contribution in [0.25, 0.3) is 0 Å². The van der Waals surface area contributed by atoms with E-state index in [0.29, 0.717) is 12.5 Å². The molecule has 8 nitrogen and oxygen atoms in total. The van der Waals surface area contributed by atoms with E-state index >= 15 is 0 Å². The first-order chi connectivity index (χ1) is 18.1. The van der Waals surface area contributed by atoms with Gasteiger partial charge in [-0.05, 0) is 71.8 Å². The van der Waals surface area contributed by atoms with Gasteiger partial charge in [-0.3, -0.25) is 14.6 Å². The van der Waals surface area contributed by atoms with Crippen LogP contribution in [0, 0.1) is 5.92 Å². The van der Waals surface area contributed by atoms with Crippen LogP contribution in [0.1, 0.15) is 77.8 Å². The maximum Gasteiger partial charge on any atom is 0.417 e. The van der Waals surface area contributed by atoms with Gasteiger partial charge in [-0.2, -0.15) is 13.2 Å². The van der Waals surface area contributed by atoms with Gasteiger partial charge in [-0.25, -0.2) is 4.98 Å². The number of nitrogens with one attached hydrogen (secondary N) is 2. The van der Waals surface area contributed by atoms with E-state index < -0.39 is 40.8 Å². The number of nitrogens with zero attached hydrogens (tertiary/aromatic N) is 3. The molecular weight excluding hydrogens is 531 g/mol. The smallest absolute Gasteiger partial charge is 0.389 e. The zero-order valence-electron chi connectivity index (χ0n) is 23.1. The molecule has 12 heteroatoms. The lowest BCUT2D eigenvalue weighted by Gasteiger charge is -2.27. The minimum Gasteiger partial charge on any atom is -0.389 e. The number of anilines is 1. The molecule has 3 atom stereocenters. The van der Waals surface area contributed by atoms with E-state index in [-0.39, 0.29) is 35.0 Å². The molecule has 2 fully saturated rings. The molecule has 0 radical (unpaired) electrons. The monoisotopic (exact) mass is 569 g/mol. The lowest BCUT2D eigenvalue weighted by Crippen LogP contribution is -2.45. The third-order valence-corrected chi connectivity index (χ3v) is 7.53. The van der Waals surface area contributed by atoms with Crippen LogP contribution in [-0.4, -0.2) is 74.2 Å². The zero-order chi connectivity index (χ0) is 29.1. The van der Waals surface area contributed by atoms with Crippen molar-refractivity contribution in [2.24, 2.45) is 10.9 Å². The van der Waals surface area contributed by atoms with E-state index in [1.807, 2.05) is 13.8 Å². The van der Waals surface area contributed by atoms with Crippen LogP contribution in [0.3, 0.4) is 0 Å². The third-order valence-electron chi connectivity index (χ3n) is 7.09. The lowest BCUT2D eigenvalue weighted by atomic mass is 10.00. The number of rotatable bonds is 11. The largest absolute Gasteiger partial charge is 0.417 e. The molecule has 216 valence electrons. The molecule has 2 aliphatic rings. The molecule has 39 heavy (non-hydrogen) atoms. The number of amides is 2. The van der Waals surface area contributed by atoms with Crippen LogP contribution in [0.5, 0.6) is 0 Å². The van der Waals surface area contributed by atoms with Gasteiger partial charge in [0.25, 0.3) is 11.8 Å². The van der Waals surface area contributed by atoms with Crippen LogP contribution in [0.2, 0.25) is 0 Å². The maximum absolute atomic E-state index is 14.3. The molecule has 3 N–H and O–H groups in total. The number of hydrogen-bond acceptors (Lipinski definition) is 7. The lowest BCUT2D eigenvalue weighted by molar-refractivity contribution is -0.138. The van der Waals surface area contributed by atoms with Gasteiger partial charge in [0.2, 0.25) is 0 Å². The minimum absolute atomic E-state index is 0.0250. The SMILES string of the molecule is CC[C@@H](Nc1cc(C(F)(F)F)c(C(=S)C(N=C(C)C(=O)NCC(C)(C)O)C(=O)N2CCC[C@@H]2C)cn1)C1CC1. The number of alkyl halides is 3. The number of hydrogen-bond donors (Lipinski definition) is 3. The van der Waals surface area contributed by atoms with Crippen LogP contribution < -0.4 is 10.6 Å². The molecule has 1 saturated carbocycles. The highest BCUT2D eigenvalue weighted by Gasteiger charge is 2.40. The number of aromatic nitrogens is 1. The first-order valence-corrected chi connectivity index (χ1v) is 13.8. The molecule has 1 unspecified atom stereocenters. The van der Waals surface area contributed by atoms with E-state index in [1.165, 1.54) is 20.8 Å². The Kier molecular flexibility index (Phi) is 9.74. The van der Waals surface area contributed by atoms with Crippen LogP contribution in [-0.2, 0) is 15.8 Å². The molecular formula is C27H38F3N5O3S. The zero-order valence-corrected chi connectivity index (χ0v) is 23.9. The molecule has 1 aromatic rings. The summed E-state index contributed by atoms with van der Waals surface area (Å²) < 4.78 is 42.8. The Morgan fingerprint density at radius 1 is 1.28 bits per heavy atom. The van der Waals surface area contributed by atoms with Crippen molar-refractivity contribution in [3.05, 3.63) is 23.4 Å². The summed E-state index contributed by atoms with van der Waals surface area (Å²) in [6.07, 6.45) is 0.573. The molecule has 3 rings (SSSR count). The van der Waals surface area contributed by atoms with Gasteiger partial charge < -0.3 is 20.6 Å². The molecule has 1 aromatic heterocycles. The fourth-order valence-corrected chi connectivity index (χ4v) is 4.99. The summed E-state index contributed by atoms with van der Waals surface area (Å²) in [5.41, 5.74) is -2.75. The van der Waals surface area contributed by atoms with Gasteiger partial charge in [-0.1, -0.05) is 19.1 Å². The summed E-state index contributed by atoms with van der Waals surface area (Å²) in [6.45, 7) is 8.53. The summed E-state index contributed by atoms with van der Waals surface area (Å²) >= 11 is 5.50. The fourth-order valence-electron chi connectivity index (χ4n) is 4.67. The van der Waals surface area contributed by atoms with Gasteiger partial charge in [-0.15, -0.1) is 0 Å². The number of likely N-dealkylation sites (tertiary alicyclic amines) is 1. The topological polar surface area (TPSA) is 107 Å². The van der Waals surface area contributed by atoms with Crippen LogP contribution in [0.15, 0.2) is 17.3 Å². The second kappa shape index (κ2) is 12.3. The van der Waals surface area contributed by atoms with Gasteiger partial charge >= 0.3 is 6.18 Å². The number of carbonyl (C=O) groups is 2. The Bertz CT molecular complexity index is 1110. The number of thiocarbonyl (C=S) groups is 1. The average Bonchev–Trinajstić information content (AvgIpc) is 3.61. The van der Waals surface area contributed by atoms with E-state index in [2.05, 4.69) is 20.6 Å². The van der Waals surface area contributed by atoms with Gasteiger partial charge in [0.05, 0.1) is 21.7 Å². The average molecular weight is 570 g/mol. The molecule has 2 amide bonds. The van der Waals surface area contributed by atoms with E-state index in [0.717, 1.165) is 44.4 Å². The van der Waals surface area contributed by atoms with Crippen molar-refractivity contribution in [3.8, 4) is 0 Å². The summed E-state index contributed by atoms with van der Waals surface area (Å²) in [5, 5.41) is 15.5. The molecule has 0 bridgehead atoms. The molecule has 1 saturated heterocycles. The fraction of sp³-hybridized carbons (Fsp3) is 0.667. The van der Waals surface area contributed by atoms with Crippen LogP contribution in [0.4, 0.5) is 19.0 Å². The molecule has 1 aliphatic heterocycles. The van der Waals surface area contributed by atoms with Crippen LogP contribution >= 0.6 is 12.2 Å². The van der Waals surface area contributed by atoms with Gasteiger partial charge in [0.1, 0.15) is 5.82 Å². The molecule has 0 spiro atoms. The number of aliphatic imine (C=N–C) groups is 1. The number of aliphatic hydroxyl groups is 1. The predicted molar refractivity (Wildman–Crippen MR) is 148 cm³/mol. The standard InChI is InChI=1S/C27H38F3N5O3S/c1-6-20(17-9-10-17)34-21-12-19(27(28,29)30)18(13-31-21)23(39)22(25(37)35-11-7-8-15(35)2)33-16(3)24(36)32-14-26(4,5)38/h12-13,15,17,20,22,38H,6-11,14H2,1-5H3,(H,31,34)(H,32,36)/t15-,20+,22?/m0/s1. The summed E-state index contributed by atoms with van der Waals surface area (Å²) in [5.74, 6) is -0.716. The highest BCUT2D eigenvalue weighted by Crippen LogP contribution is 2.37. The van der Waals surface area contributed by atoms with Gasteiger partial charge in [0, 0.05) is 36.9 Å². The minimum atomic E-state index is -4.77. The van der Waals surface area contributed by atoms with Gasteiger partial charge in [0.15, 0.2) is 6.04 Å². The Balaban J connectivity index is 1.99. The van der Waals surface area contributed by atoms with Crippen molar-refractivity contribution in [1.82, 2.24) is 15.2 Å². The number of carbonyl (C=O) groups excluding carboxylic acids is 2. The van der Waals surface area contributed by atoms with Crippen molar-refractivity contribution in [2.75, 3.05) is 18.4 Å². The predicted octanol–water partition coefficient (Wildman–Crippen LogP) is 4.15. The quantitative estimate of drug-likeness (QED) is 0.210. The first-order valence-electron chi connectivity index (χ1n) is 13.4. The Labute approximate surface area is 232 Å². The molecule has 0 aromatic carbocycles. The van der Waals surface area contributed by atoms with Crippen molar-refractivity contribution in [1.29, 1.82) is 0 Å². The second-order valence-electron chi connectivity index (χ2n) is 11.1. The maximum atomic E-state index is 14.3. The molecule has 2 heterocycles.